The first-order chi connectivity index (χ1) is 11.2. The Kier molecular flexibility index (Phi) is 7.03. The fourth-order valence-corrected chi connectivity index (χ4v) is 2.78. The Balaban J connectivity index is 1.85. The van der Waals surface area contributed by atoms with Crippen LogP contribution in [0.15, 0.2) is 46.8 Å². The van der Waals surface area contributed by atoms with Crippen molar-refractivity contribution in [1.82, 2.24) is 10.6 Å². The van der Waals surface area contributed by atoms with Crippen molar-refractivity contribution in [3.63, 3.8) is 0 Å². The maximum absolute atomic E-state index is 12.9. The third kappa shape index (κ3) is 6.00. The van der Waals surface area contributed by atoms with Crippen molar-refractivity contribution < 1.29 is 9.50 Å². The van der Waals surface area contributed by atoms with Crippen molar-refractivity contribution in [2.24, 2.45) is 4.99 Å². The average molecular weight is 335 g/mol. The highest BCUT2D eigenvalue weighted by Crippen LogP contribution is 2.13. The molecular formula is C17H22FN3OS. The molecule has 0 radical (unpaired) electrons. The van der Waals surface area contributed by atoms with E-state index in [0.717, 1.165) is 19.5 Å². The van der Waals surface area contributed by atoms with Crippen LogP contribution in [0, 0.1) is 5.82 Å². The van der Waals surface area contributed by atoms with Gasteiger partial charge in [-0.25, -0.2) is 4.39 Å². The molecule has 4 nitrogen and oxygen atoms in total. The van der Waals surface area contributed by atoms with Gasteiger partial charge in [-0.05, 0) is 42.5 Å². The molecule has 0 amide bonds. The topological polar surface area (TPSA) is 56.7 Å². The first kappa shape index (κ1) is 17.4. The van der Waals surface area contributed by atoms with Gasteiger partial charge in [-0.2, -0.15) is 0 Å². The molecule has 1 aromatic heterocycles. The number of nitrogens with zero attached hydrogens (tertiary/aromatic N) is 1. The monoisotopic (exact) mass is 335 g/mol. The Labute approximate surface area is 140 Å². The van der Waals surface area contributed by atoms with Gasteiger partial charge in [-0.1, -0.05) is 18.2 Å². The van der Waals surface area contributed by atoms with Gasteiger partial charge >= 0.3 is 0 Å². The number of hydrogen-bond donors (Lipinski definition) is 3. The molecule has 23 heavy (non-hydrogen) atoms. The lowest BCUT2D eigenvalue weighted by Gasteiger charge is -2.13. The Morgan fingerprint density at radius 3 is 2.70 bits per heavy atom. The van der Waals surface area contributed by atoms with Gasteiger partial charge in [0.25, 0.3) is 0 Å². The Morgan fingerprint density at radius 1 is 1.26 bits per heavy atom. The summed E-state index contributed by atoms with van der Waals surface area (Å²) in [5, 5.41) is 18.6. The van der Waals surface area contributed by atoms with Crippen LogP contribution in [0.25, 0.3) is 0 Å². The maximum atomic E-state index is 12.9. The van der Waals surface area contributed by atoms with Gasteiger partial charge < -0.3 is 15.7 Å². The molecule has 2 rings (SSSR count). The summed E-state index contributed by atoms with van der Waals surface area (Å²) in [5.41, 5.74) is 0.657. The highest BCUT2D eigenvalue weighted by molar-refractivity contribution is 7.09. The van der Waals surface area contributed by atoms with Crippen LogP contribution in [0.2, 0.25) is 0 Å². The Hall–Kier alpha value is -1.92. The number of halogens is 1. The van der Waals surface area contributed by atoms with Crippen molar-refractivity contribution >= 4 is 17.3 Å². The summed E-state index contributed by atoms with van der Waals surface area (Å²) in [4.78, 5) is 5.70. The van der Waals surface area contributed by atoms with Crippen LogP contribution in [0.3, 0.4) is 0 Å². The molecule has 6 heteroatoms. The Morgan fingerprint density at radius 2 is 2.04 bits per heavy atom. The number of aliphatic imine (C=N–C) groups is 1. The molecule has 0 bridgehead atoms. The molecule has 0 saturated carbocycles. The molecule has 2 aromatic rings. The summed E-state index contributed by atoms with van der Waals surface area (Å²) in [6, 6.07) is 9.98. The molecule has 1 aromatic carbocycles. The molecule has 1 heterocycles. The van der Waals surface area contributed by atoms with E-state index in [2.05, 4.69) is 27.1 Å². The number of guanidine groups is 1. The average Bonchev–Trinajstić information content (AvgIpc) is 3.06. The predicted octanol–water partition coefficient (Wildman–Crippen LogP) is 2.72. The highest BCUT2D eigenvalue weighted by atomic mass is 32.1. The zero-order chi connectivity index (χ0) is 16.5. The number of rotatable bonds is 7. The summed E-state index contributed by atoms with van der Waals surface area (Å²) in [5.74, 6) is 0.359. The van der Waals surface area contributed by atoms with E-state index < -0.39 is 6.10 Å². The summed E-state index contributed by atoms with van der Waals surface area (Å²) >= 11 is 1.73. The molecule has 3 N–H and O–H groups in total. The van der Waals surface area contributed by atoms with E-state index in [9.17, 15) is 9.50 Å². The van der Waals surface area contributed by atoms with Crippen LogP contribution in [-0.4, -0.2) is 30.7 Å². The molecule has 1 unspecified atom stereocenters. The maximum Gasteiger partial charge on any atom is 0.191 e. The zero-order valence-electron chi connectivity index (χ0n) is 13.1. The fraction of sp³-hybridized carbons (Fsp3) is 0.353. The van der Waals surface area contributed by atoms with E-state index in [1.54, 1.807) is 23.5 Å². The molecule has 0 aliphatic heterocycles. The van der Waals surface area contributed by atoms with Gasteiger partial charge in [0, 0.05) is 18.0 Å². The van der Waals surface area contributed by atoms with E-state index in [0.29, 0.717) is 11.5 Å². The number of benzene rings is 1. The molecule has 0 aliphatic carbocycles. The molecule has 0 fully saturated rings. The lowest BCUT2D eigenvalue weighted by Crippen LogP contribution is -2.38. The van der Waals surface area contributed by atoms with Gasteiger partial charge in [-0.3, -0.25) is 4.99 Å². The summed E-state index contributed by atoms with van der Waals surface area (Å²) in [7, 11) is 0. The first-order valence-corrected chi connectivity index (χ1v) is 8.55. The van der Waals surface area contributed by atoms with Crippen molar-refractivity contribution in [3.8, 4) is 0 Å². The van der Waals surface area contributed by atoms with Crippen LogP contribution in [0.4, 0.5) is 4.39 Å². The van der Waals surface area contributed by atoms with Crippen molar-refractivity contribution in [2.45, 2.75) is 19.4 Å². The van der Waals surface area contributed by atoms with Gasteiger partial charge in [0.05, 0.1) is 12.6 Å². The zero-order valence-corrected chi connectivity index (χ0v) is 13.9. The van der Waals surface area contributed by atoms with Gasteiger partial charge in [0.1, 0.15) is 5.82 Å². The summed E-state index contributed by atoms with van der Waals surface area (Å²) in [6.45, 7) is 3.74. The van der Waals surface area contributed by atoms with Crippen molar-refractivity contribution in [1.29, 1.82) is 0 Å². The fourth-order valence-electron chi connectivity index (χ4n) is 2.07. The number of thiophene rings is 1. The quantitative estimate of drug-likeness (QED) is 0.539. The molecular weight excluding hydrogens is 313 g/mol. The molecule has 0 spiro atoms. The second-order valence-corrected chi connectivity index (χ2v) is 6.08. The van der Waals surface area contributed by atoms with Crippen molar-refractivity contribution in [2.75, 3.05) is 19.6 Å². The summed E-state index contributed by atoms with van der Waals surface area (Å²) in [6.07, 6.45) is 0.186. The van der Waals surface area contributed by atoms with Crippen LogP contribution in [0.1, 0.15) is 23.5 Å². The van der Waals surface area contributed by atoms with Gasteiger partial charge in [0.2, 0.25) is 0 Å². The number of aliphatic hydroxyl groups is 1. The number of hydrogen-bond acceptors (Lipinski definition) is 3. The third-order valence-corrected chi connectivity index (χ3v) is 4.20. The van der Waals surface area contributed by atoms with Crippen LogP contribution >= 0.6 is 11.3 Å². The van der Waals surface area contributed by atoms with E-state index in [-0.39, 0.29) is 12.4 Å². The normalized spacial score (nSPS) is 12.9. The Bertz CT molecular complexity index is 599. The molecule has 0 saturated heterocycles. The largest absolute Gasteiger partial charge is 0.386 e. The lowest BCUT2D eigenvalue weighted by atomic mass is 10.1. The SMILES string of the molecule is CCNC(=NCC(O)c1ccc(F)cc1)NCCc1cccs1. The van der Waals surface area contributed by atoms with Gasteiger partial charge in [0.15, 0.2) is 5.96 Å². The van der Waals surface area contributed by atoms with Crippen LogP contribution in [-0.2, 0) is 6.42 Å². The number of nitrogens with one attached hydrogen (secondary N) is 2. The second kappa shape index (κ2) is 9.27. The minimum absolute atomic E-state index is 0.222. The van der Waals surface area contributed by atoms with E-state index in [1.807, 2.05) is 13.0 Å². The summed E-state index contributed by atoms with van der Waals surface area (Å²) < 4.78 is 12.9. The minimum atomic E-state index is -0.747. The molecule has 1 atom stereocenters. The van der Waals surface area contributed by atoms with Crippen molar-refractivity contribution in [3.05, 3.63) is 58.0 Å². The smallest absolute Gasteiger partial charge is 0.191 e. The van der Waals surface area contributed by atoms with Gasteiger partial charge in [-0.15, -0.1) is 11.3 Å². The standard InChI is InChI=1S/C17H22FN3OS/c1-2-19-17(20-10-9-15-4-3-11-23-15)21-12-16(22)13-5-7-14(18)8-6-13/h3-8,11,16,22H,2,9-10,12H2,1H3,(H2,19,20,21). The van der Waals surface area contributed by atoms with E-state index in [1.165, 1.54) is 17.0 Å². The first-order valence-electron chi connectivity index (χ1n) is 7.67. The predicted molar refractivity (Wildman–Crippen MR) is 93.4 cm³/mol. The minimum Gasteiger partial charge on any atom is -0.386 e. The second-order valence-electron chi connectivity index (χ2n) is 5.04. The third-order valence-electron chi connectivity index (χ3n) is 3.27. The highest BCUT2D eigenvalue weighted by Gasteiger charge is 2.07. The lowest BCUT2D eigenvalue weighted by molar-refractivity contribution is 0.187. The van der Waals surface area contributed by atoms with E-state index in [4.69, 9.17) is 0 Å². The van der Waals surface area contributed by atoms with Crippen LogP contribution < -0.4 is 10.6 Å². The number of aliphatic hydroxyl groups excluding tert-OH is 1. The molecule has 124 valence electrons. The van der Waals surface area contributed by atoms with Crippen LogP contribution in [0.5, 0.6) is 0 Å². The molecule has 0 aliphatic rings. The van der Waals surface area contributed by atoms with E-state index >= 15 is 0 Å².